The molecule has 1 fully saturated rings. The lowest BCUT2D eigenvalue weighted by atomic mass is 9.99. The van der Waals surface area contributed by atoms with Gasteiger partial charge in [-0.1, -0.05) is 26.7 Å². The highest BCUT2D eigenvalue weighted by atomic mass is 32.2. The molecule has 0 saturated heterocycles. The van der Waals surface area contributed by atoms with Crippen molar-refractivity contribution in [2.75, 3.05) is 13.1 Å². The Hall–Kier alpha value is -0.430. The third-order valence-electron chi connectivity index (χ3n) is 4.05. The molecule has 1 aliphatic rings. The molecule has 1 aromatic rings. The molecule has 20 heavy (non-hydrogen) atoms. The first-order chi connectivity index (χ1) is 9.53. The molecule has 0 aromatic carbocycles. The van der Waals surface area contributed by atoms with Crippen LogP contribution >= 0.6 is 11.3 Å². The van der Waals surface area contributed by atoms with E-state index in [0.29, 0.717) is 22.6 Å². The standard InChI is InChI=1S/C14H24N2O2S2/c1-3-15-8-12-7-14(19-10-12)20(17,18)16-9-13-6-4-5-11(13)2/h7,10-11,13,15-16H,3-6,8-9H2,1-2H3. The molecule has 0 aliphatic heterocycles. The van der Waals surface area contributed by atoms with E-state index in [1.807, 2.05) is 12.3 Å². The molecule has 2 N–H and O–H groups in total. The Balaban J connectivity index is 1.93. The first-order valence-electron chi connectivity index (χ1n) is 7.30. The van der Waals surface area contributed by atoms with Crippen LogP contribution in [-0.4, -0.2) is 21.5 Å². The Bertz CT molecular complexity index is 525. The summed E-state index contributed by atoms with van der Waals surface area (Å²) in [5.41, 5.74) is 1.03. The summed E-state index contributed by atoms with van der Waals surface area (Å²) in [5, 5.41) is 5.12. The first kappa shape index (κ1) is 15.9. The van der Waals surface area contributed by atoms with Crippen LogP contribution in [-0.2, 0) is 16.6 Å². The van der Waals surface area contributed by atoms with Crippen LogP contribution in [0.4, 0.5) is 0 Å². The van der Waals surface area contributed by atoms with Gasteiger partial charge in [-0.05, 0) is 41.8 Å². The Labute approximate surface area is 126 Å². The normalized spacial score (nSPS) is 23.3. The summed E-state index contributed by atoms with van der Waals surface area (Å²) in [6.45, 7) is 6.43. The van der Waals surface area contributed by atoms with E-state index in [2.05, 4.69) is 17.0 Å². The van der Waals surface area contributed by atoms with E-state index in [1.165, 1.54) is 24.2 Å². The fourth-order valence-electron chi connectivity index (χ4n) is 2.67. The van der Waals surface area contributed by atoms with Crippen molar-refractivity contribution in [2.24, 2.45) is 11.8 Å². The van der Waals surface area contributed by atoms with Crippen molar-refractivity contribution in [3.63, 3.8) is 0 Å². The summed E-state index contributed by atoms with van der Waals surface area (Å²) >= 11 is 1.30. The Morgan fingerprint density at radius 3 is 2.85 bits per heavy atom. The molecule has 0 amide bonds. The maximum Gasteiger partial charge on any atom is 0.250 e. The van der Waals surface area contributed by atoms with Crippen molar-refractivity contribution < 1.29 is 8.42 Å². The van der Waals surface area contributed by atoms with Gasteiger partial charge in [0.1, 0.15) is 4.21 Å². The average molecular weight is 316 g/mol. The summed E-state index contributed by atoms with van der Waals surface area (Å²) in [4.78, 5) is 0. The topological polar surface area (TPSA) is 58.2 Å². The number of sulfonamides is 1. The van der Waals surface area contributed by atoms with Crippen LogP contribution in [0.15, 0.2) is 15.7 Å². The van der Waals surface area contributed by atoms with Gasteiger partial charge in [-0.25, -0.2) is 13.1 Å². The van der Waals surface area contributed by atoms with Gasteiger partial charge < -0.3 is 5.32 Å². The van der Waals surface area contributed by atoms with Gasteiger partial charge in [-0.2, -0.15) is 0 Å². The smallest absolute Gasteiger partial charge is 0.250 e. The summed E-state index contributed by atoms with van der Waals surface area (Å²) in [6.07, 6.45) is 3.58. The summed E-state index contributed by atoms with van der Waals surface area (Å²) < 4.78 is 27.7. The van der Waals surface area contributed by atoms with Crippen LogP contribution < -0.4 is 10.0 Å². The number of hydrogen-bond acceptors (Lipinski definition) is 4. The Kier molecular flexibility index (Phi) is 5.60. The van der Waals surface area contributed by atoms with E-state index < -0.39 is 10.0 Å². The monoisotopic (exact) mass is 316 g/mol. The van der Waals surface area contributed by atoms with E-state index in [-0.39, 0.29) is 0 Å². The van der Waals surface area contributed by atoms with Gasteiger partial charge in [-0.15, -0.1) is 11.3 Å². The molecule has 1 saturated carbocycles. The molecule has 0 radical (unpaired) electrons. The second-order valence-electron chi connectivity index (χ2n) is 5.57. The fourth-order valence-corrected chi connectivity index (χ4v) is 5.02. The largest absolute Gasteiger partial charge is 0.313 e. The zero-order valence-electron chi connectivity index (χ0n) is 12.2. The molecule has 0 spiro atoms. The Morgan fingerprint density at radius 2 is 2.20 bits per heavy atom. The number of hydrogen-bond donors (Lipinski definition) is 2. The van der Waals surface area contributed by atoms with Crippen molar-refractivity contribution in [1.29, 1.82) is 0 Å². The van der Waals surface area contributed by atoms with Gasteiger partial charge in [-0.3, -0.25) is 0 Å². The van der Waals surface area contributed by atoms with Crippen molar-refractivity contribution in [1.82, 2.24) is 10.0 Å². The maximum absolute atomic E-state index is 12.3. The lowest BCUT2D eigenvalue weighted by Crippen LogP contribution is -2.29. The van der Waals surface area contributed by atoms with Crippen LogP contribution in [0.5, 0.6) is 0 Å². The molecule has 2 unspecified atom stereocenters. The molecular weight excluding hydrogens is 292 g/mol. The maximum atomic E-state index is 12.3. The predicted molar refractivity (Wildman–Crippen MR) is 83.4 cm³/mol. The number of rotatable bonds is 7. The van der Waals surface area contributed by atoms with E-state index in [4.69, 9.17) is 0 Å². The minimum Gasteiger partial charge on any atom is -0.313 e. The van der Waals surface area contributed by atoms with Crippen molar-refractivity contribution >= 4 is 21.4 Å². The van der Waals surface area contributed by atoms with E-state index in [9.17, 15) is 8.42 Å². The van der Waals surface area contributed by atoms with Gasteiger partial charge in [0, 0.05) is 13.1 Å². The minimum atomic E-state index is -3.33. The second-order valence-corrected chi connectivity index (χ2v) is 8.48. The fraction of sp³-hybridized carbons (Fsp3) is 0.714. The molecule has 0 bridgehead atoms. The van der Waals surface area contributed by atoms with Gasteiger partial charge in [0.2, 0.25) is 10.0 Å². The highest BCUT2D eigenvalue weighted by molar-refractivity contribution is 7.91. The van der Waals surface area contributed by atoms with Crippen molar-refractivity contribution in [3.05, 3.63) is 17.0 Å². The Morgan fingerprint density at radius 1 is 1.40 bits per heavy atom. The lowest BCUT2D eigenvalue weighted by molar-refractivity contribution is 0.414. The SMILES string of the molecule is CCNCc1csc(S(=O)(=O)NCC2CCCC2C)c1. The number of nitrogens with one attached hydrogen (secondary N) is 2. The summed E-state index contributed by atoms with van der Waals surface area (Å²) in [7, 11) is -3.33. The molecule has 1 aromatic heterocycles. The molecular formula is C14H24N2O2S2. The van der Waals surface area contributed by atoms with Gasteiger partial charge in [0.25, 0.3) is 0 Å². The van der Waals surface area contributed by atoms with Gasteiger partial charge >= 0.3 is 0 Å². The predicted octanol–water partition coefficient (Wildman–Crippen LogP) is 2.57. The third kappa shape index (κ3) is 4.04. The van der Waals surface area contributed by atoms with Crippen molar-refractivity contribution in [2.45, 2.75) is 43.9 Å². The molecule has 6 heteroatoms. The average Bonchev–Trinajstić information content (AvgIpc) is 3.03. The van der Waals surface area contributed by atoms with Crippen LogP contribution in [0.1, 0.15) is 38.7 Å². The van der Waals surface area contributed by atoms with Crippen LogP contribution in [0.25, 0.3) is 0 Å². The quantitative estimate of drug-likeness (QED) is 0.813. The zero-order chi connectivity index (χ0) is 14.6. The second kappa shape index (κ2) is 7.02. The van der Waals surface area contributed by atoms with Gasteiger partial charge in [0.05, 0.1) is 0 Å². The summed E-state index contributed by atoms with van der Waals surface area (Å²) in [5.74, 6) is 1.12. The number of thiophene rings is 1. The first-order valence-corrected chi connectivity index (χ1v) is 9.67. The summed E-state index contributed by atoms with van der Waals surface area (Å²) in [6, 6.07) is 1.77. The molecule has 114 valence electrons. The van der Waals surface area contributed by atoms with Crippen LogP contribution in [0, 0.1) is 11.8 Å². The zero-order valence-corrected chi connectivity index (χ0v) is 13.8. The molecule has 2 atom stereocenters. The van der Waals surface area contributed by atoms with E-state index >= 15 is 0 Å². The molecule has 4 nitrogen and oxygen atoms in total. The van der Waals surface area contributed by atoms with Gasteiger partial charge in [0.15, 0.2) is 0 Å². The lowest BCUT2D eigenvalue weighted by Gasteiger charge is -2.15. The molecule has 1 heterocycles. The molecule has 1 aliphatic carbocycles. The highest BCUT2D eigenvalue weighted by Crippen LogP contribution is 2.31. The van der Waals surface area contributed by atoms with E-state index in [0.717, 1.165) is 25.1 Å². The van der Waals surface area contributed by atoms with E-state index in [1.54, 1.807) is 6.07 Å². The van der Waals surface area contributed by atoms with Crippen LogP contribution in [0.3, 0.4) is 0 Å². The molecule has 2 rings (SSSR count). The van der Waals surface area contributed by atoms with Crippen molar-refractivity contribution in [3.8, 4) is 0 Å². The minimum absolute atomic E-state index is 0.427. The highest BCUT2D eigenvalue weighted by Gasteiger charge is 2.25. The van der Waals surface area contributed by atoms with Crippen LogP contribution in [0.2, 0.25) is 0 Å². The third-order valence-corrected chi connectivity index (χ3v) is 6.96.